The molecule has 0 aromatic rings. The molecular formula is C16H31NO3Si. The SMILES string of the molecule is CCC(C)[C@]1(CC)C(=O)N([Si](C)(C)C(C)(C)C)[C@H]1C(=O)O. The van der Waals surface area contributed by atoms with Gasteiger partial charge in [0.05, 0.1) is 5.41 Å². The fourth-order valence-electron chi connectivity index (χ4n) is 3.43. The van der Waals surface area contributed by atoms with Gasteiger partial charge in [0.2, 0.25) is 5.91 Å². The summed E-state index contributed by atoms with van der Waals surface area (Å²) in [6.07, 6.45) is 1.43. The molecule has 1 fully saturated rings. The van der Waals surface area contributed by atoms with E-state index >= 15 is 0 Å². The van der Waals surface area contributed by atoms with Gasteiger partial charge in [-0.3, -0.25) is 4.79 Å². The molecule has 1 rings (SSSR count). The van der Waals surface area contributed by atoms with Gasteiger partial charge in [-0.25, -0.2) is 4.79 Å². The number of carbonyl (C=O) groups excluding carboxylic acids is 1. The van der Waals surface area contributed by atoms with Crippen molar-refractivity contribution in [3.8, 4) is 0 Å². The fraction of sp³-hybridized carbons (Fsp3) is 0.875. The van der Waals surface area contributed by atoms with Gasteiger partial charge in [-0.2, -0.15) is 0 Å². The molecule has 1 aliphatic rings. The Morgan fingerprint density at radius 2 is 1.86 bits per heavy atom. The molecule has 0 saturated carbocycles. The first-order valence-electron chi connectivity index (χ1n) is 7.96. The number of carboxylic acids is 1. The van der Waals surface area contributed by atoms with E-state index < -0.39 is 25.7 Å². The van der Waals surface area contributed by atoms with Crippen LogP contribution in [-0.4, -0.2) is 35.8 Å². The lowest BCUT2D eigenvalue weighted by molar-refractivity contribution is -0.183. The van der Waals surface area contributed by atoms with Crippen molar-refractivity contribution in [1.82, 2.24) is 4.57 Å². The zero-order valence-corrected chi connectivity index (χ0v) is 15.8. The van der Waals surface area contributed by atoms with Crippen LogP contribution in [0.15, 0.2) is 0 Å². The molecule has 4 nitrogen and oxygen atoms in total. The van der Waals surface area contributed by atoms with Gasteiger partial charge in [0.1, 0.15) is 6.04 Å². The van der Waals surface area contributed by atoms with E-state index in [1.165, 1.54) is 0 Å². The quantitative estimate of drug-likeness (QED) is 0.621. The largest absolute Gasteiger partial charge is 0.480 e. The van der Waals surface area contributed by atoms with Crippen LogP contribution < -0.4 is 0 Å². The molecule has 0 radical (unpaired) electrons. The van der Waals surface area contributed by atoms with Gasteiger partial charge in [0.25, 0.3) is 0 Å². The second-order valence-electron chi connectivity index (χ2n) is 7.93. The summed E-state index contributed by atoms with van der Waals surface area (Å²) in [5.41, 5.74) is -0.712. The molecule has 1 aliphatic heterocycles. The highest BCUT2D eigenvalue weighted by molar-refractivity contribution is 6.80. The molecule has 1 unspecified atom stereocenters. The normalized spacial score (nSPS) is 28.3. The summed E-state index contributed by atoms with van der Waals surface area (Å²) in [6.45, 7) is 16.5. The first-order valence-corrected chi connectivity index (χ1v) is 10.9. The minimum absolute atomic E-state index is 0.0499. The number of carboxylic acid groups (broad SMARTS) is 1. The third-order valence-corrected chi connectivity index (χ3v) is 11.4. The van der Waals surface area contributed by atoms with Crippen LogP contribution in [0.1, 0.15) is 54.4 Å². The van der Waals surface area contributed by atoms with Crippen molar-refractivity contribution in [2.24, 2.45) is 11.3 Å². The average Bonchev–Trinajstić information content (AvgIpc) is 2.34. The average molecular weight is 314 g/mol. The molecule has 0 spiro atoms. The predicted octanol–water partition coefficient (Wildman–Crippen LogP) is 3.73. The minimum atomic E-state index is -2.17. The van der Waals surface area contributed by atoms with Crippen molar-refractivity contribution in [2.45, 2.75) is 78.6 Å². The molecule has 0 aromatic carbocycles. The highest BCUT2D eigenvalue weighted by Crippen LogP contribution is 2.54. The Kier molecular flexibility index (Phi) is 4.69. The summed E-state index contributed by atoms with van der Waals surface area (Å²) >= 11 is 0. The summed E-state index contributed by atoms with van der Waals surface area (Å²) in [4.78, 5) is 25.0. The molecule has 1 N–H and O–H groups in total. The van der Waals surface area contributed by atoms with Crippen LogP contribution in [0.3, 0.4) is 0 Å². The van der Waals surface area contributed by atoms with Gasteiger partial charge in [0, 0.05) is 0 Å². The Morgan fingerprint density at radius 3 is 2.14 bits per heavy atom. The highest BCUT2D eigenvalue weighted by Gasteiger charge is 2.69. The van der Waals surface area contributed by atoms with Crippen LogP contribution >= 0.6 is 0 Å². The van der Waals surface area contributed by atoms with Crippen molar-refractivity contribution in [1.29, 1.82) is 0 Å². The lowest BCUT2D eigenvalue weighted by Crippen LogP contribution is -2.81. The van der Waals surface area contributed by atoms with E-state index in [1.807, 2.05) is 20.8 Å². The Labute approximate surface area is 130 Å². The number of carbonyl (C=O) groups is 2. The maximum absolute atomic E-state index is 13.0. The van der Waals surface area contributed by atoms with Crippen molar-refractivity contribution in [3.63, 3.8) is 0 Å². The number of amides is 1. The maximum atomic E-state index is 13.0. The lowest BCUT2D eigenvalue weighted by Gasteiger charge is -2.64. The van der Waals surface area contributed by atoms with Gasteiger partial charge in [0.15, 0.2) is 8.24 Å². The predicted molar refractivity (Wildman–Crippen MR) is 87.6 cm³/mol. The van der Waals surface area contributed by atoms with E-state index in [0.717, 1.165) is 6.42 Å². The molecule has 0 bridgehead atoms. The second kappa shape index (κ2) is 5.41. The molecule has 0 aliphatic carbocycles. The first kappa shape index (κ1) is 18.2. The summed E-state index contributed by atoms with van der Waals surface area (Å²) in [5.74, 6) is -0.683. The topological polar surface area (TPSA) is 57.6 Å². The van der Waals surface area contributed by atoms with Crippen LogP contribution in [0, 0.1) is 11.3 Å². The minimum Gasteiger partial charge on any atom is -0.480 e. The van der Waals surface area contributed by atoms with Crippen LogP contribution in [-0.2, 0) is 9.59 Å². The summed E-state index contributed by atoms with van der Waals surface area (Å²) in [5, 5.41) is 9.74. The summed E-state index contributed by atoms with van der Waals surface area (Å²) in [6, 6.07) is -0.661. The van der Waals surface area contributed by atoms with Crippen LogP contribution in [0.5, 0.6) is 0 Å². The first-order chi connectivity index (χ1) is 9.39. The van der Waals surface area contributed by atoms with Gasteiger partial charge >= 0.3 is 5.97 Å². The smallest absolute Gasteiger partial charge is 0.326 e. The Bertz CT molecular complexity index is 441. The molecule has 122 valence electrons. The van der Waals surface area contributed by atoms with E-state index in [0.29, 0.717) is 6.42 Å². The zero-order chi connectivity index (χ0) is 16.8. The monoisotopic (exact) mass is 313 g/mol. The Hall–Kier alpha value is -0.843. The van der Waals surface area contributed by atoms with Gasteiger partial charge in [-0.1, -0.05) is 61.1 Å². The van der Waals surface area contributed by atoms with E-state index in [-0.39, 0.29) is 16.9 Å². The number of aliphatic carboxylic acids is 1. The van der Waals surface area contributed by atoms with Crippen molar-refractivity contribution in [3.05, 3.63) is 0 Å². The lowest BCUT2D eigenvalue weighted by atomic mass is 9.62. The summed E-state index contributed by atoms with van der Waals surface area (Å²) in [7, 11) is -2.17. The summed E-state index contributed by atoms with van der Waals surface area (Å²) < 4.78 is 1.75. The number of rotatable bonds is 5. The van der Waals surface area contributed by atoms with Gasteiger partial charge < -0.3 is 9.67 Å². The maximum Gasteiger partial charge on any atom is 0.326 e. The highest BCUT2D eigenvalue weighted by atomic mass is 28.3. The molecule has 1 heterocycles. The van der Waals surface area contributed by atoms with Crippen LogP contribution in [0.25, 0.3) is 0 Å². The standard InChI is InChI=1S/C16H31NO3Si/c1-9-11(3)16(10-2)12(13(18)19)17(14(16)20)21(7,8)15(4,5)6/h11-12H,9-10H2,1-8H3,(H,18,19)/t11?,12-,16-/m0/s1. The van der Waals surface area contributed by atoms with Crippen LogP contribution in [0.4, 0.5) is 0 Å². The molecule has 21 heavy (non-hydrogen) atoms. The third-order valence-electron chi connectivity index (χ3n) is 6.11. The second-order valence-corrected chi connectivity index (χ2v) is 13.0. The van der Waals surface area contributed by atoms with E-state index in [9.17, 15) is 14.7 Å². The molecule has 3 atom stereocenters. The van der Waals surface area contributed by atoms with E-state index in [4.69, 9.17) is 0 Å². The van der Waals surface area contributed by atoms with Crippen molar-refractivity contribution < 1.29 is 14.7 Å². The molecular weight excluding hydrogens is 282 g/mol. The van der Waals surface area contributed by atoms with E-state index in [2.05, 4.69) is 33.9 Å². The molecule has 0 aromatic heterocycles. The Balaban J connectivity index is 3.36. The van der Waals surface area contributed by atoms with Crippen molar-refractivity contribution >= 4 is 20.1 Å². The Morgan fingerprint density at radius 1 is 1.38 bits per heavy atom. The fourth-order valence-corrected chi connectivity index (χ4v) is 5.85. The molecule has 5 heteroatoms. The zero-order valence-electron chi connectivity index (χ0n) is 14.8. The van der Waals surface area contributed by atoms with Gasteiger partial charge in [-0.15, -0.1) is 0 Å². The molecule has 1 amide bonds. The number of hydrogen-bond acceptors (Lipinski definition) is 2. The van der Waals surface area contributed by atoms with E-state index in [1.54, 1.807) is 4.57 Å². The van der Waals surface area contributed by atoms with Crippen LogP contribution in [0.2, 0.25) is 18.1 Å². The molecule has 1 saturated heterocycles. The third kappa shape index (κ3) is 2.33. The number of β-lactam (4-membered cyclic amide) rings is 1. The number of nitrogens with zero attached hydrogens (tertiary/aromatic N) is 1. The van der Waals surface area contributed by atoms with Gasteiger partial charge in [-0.05, 0) is 17.4 Å². The van der Waals surface area contributed by atoms with Crippen molar-refractivity contribution in [2.75, 3.05) is 0 Å². The number of hydrogen-bond donors (Lipinski definition) is 1.